The smallest absolute Gasteiger partial charge is 0.0630 e. The van der Waals surface area contributed by atoms with Crippen LogP contribution in [0.2, 0.25) is 0 Å². The largest absolute Gasteiger partial charge is 0.0875 e. The molecule has 0 spiro atoms. The maximum Gasteiger partial charge on any atom is 0.0875 e. The molecule has 6 rings (SSSR count). The van der Waals surface area contributed by atoms with Gasteiger partial charge in [-0.25, -0.2) is 0 Å². The van der Waals surface area contributed by atoms with Crippen LogP contribution >= 0.6 is 0 Å². The first-order valence-corrected chi connectivity index (χ1v) is 18.7. The Morgan fingerprint density at radius 3 is 1.11 bits per heavy atom. The molecule has 0 aromatic heterocycles. The molecule has 0 fully saturated rings. The van der Waals surface area contributed by atoms with Gasteiger partial charge >= 0.3 is 0 Å². The molecule has 2 unspecified atom stereocenters. The summed E-state index contributed by atoms with van der Waals surface area (Å²) in [4.78, 5) is 0. The van der Waals surface area contributed by atoms with Crippen LogP contribution < -0.4 is 10.4 Å². The first-order chi connectivity index (χ1) is 21.5. The number of fused-ring (bicyclic) bond motifs is 2. The molecule has 2 atom stereocenters. The van der Waals surface area contributed by atoms with Gasteiger partial charge in [0.1, 0.15) is 0 Å². The second-order valence-electron chi connectivity index (χ2n) is 15.1. The van der Waals surface area contributed by atoms with E-state index in [2.05, 4.69) is 154 Å². The molecule has 232 valence electrons. The average molecular weight is 609 g/mol. The molecule has 2 aliphatic carbocycles. The Labute approximate surface area is 275 Å². The van der Waals surface area contributed by atoms with E-state index in [4.69, 9.17) is 0 Å². The Morgan fingerprint density at radius 2 is 0.800 bits per heavy atom. The average Bonchev–Trinajstić information content (AvgIpc) is 3.51. The standard InChI is InChI=1S/C44H52Si/c1-25(2)35-19-21-37-39(41(35)27(5)6)23-29(9)43(37)31-11-15-33(16-12-31)45-34-17-13-32(14-18-34)44-30(10)24-40-38(44)22-20-36(26(3)4)42(40)28(7)8/h11-28,43-44H,45H2,1-10H3. The summed E-state index contributed by atoms with van der Waals surface area (Å²) in [5.41, 5.74) is 17.8. The van der Waals surface area contributed by atoms with Crippen molar-refractivity contribution in [1.82, 2.24) is 0 Å². The minimum atomic E-state index is -0.546. The lowest BCUT2D eigenvalue weighted by Gasteiger charge is -2.22. The Bertz CT molecular complexity index is 1640. The van der Waals surface area contributed by atoms with Gasteiger partial charge in [0.2, 0.25) is 0 Å². The van der Waals surface area contributed by atoms with Crippen molar-refractivity contribution in [2.45, 2.75) is 105 Å². The lowest BCUT2D eigenvalue weighted by atomic mass is 9.82. The van der Waals surface area contributed by atoms with Crippen LogP contribution in [-0.4, -0.2) is 9.52 Å². The zero-order valence-electron chi connectivity index (χ0n) is 29.3. The Kier molecular flexibility index (Phi) is 8.70. The summed E-state index contributed by atoms with van der Waals surface area (Å²) in [7, 11) is -0.546. The summed E-state index contributed by atoms with van der Waals surface area (Å²) in [5, 5.41) is 3.02. The first kappa shape index (κ1) is 31.6. The van der Waals surface area contributed by atoms with Crippen molar-refractivity contribution in [2.75, 3.05) is 0 Å². The minimum absolute atomic E-state index is 0.368. The lowest BCUT2D eigenvalue weighted by Crippen LogP contribution is -2.27. The summed E-state index contributed by atoms with van der Waals surface area (Å²) >= 11 is 0. The van der Waals surface area contributed by atoms with E-state index in [1.165, 1.54) is 66.0 Å². The van der Waals surface area contributed by atoms with Crippen LogP contribution in [0, 0.1) is 0 Å². The van der Waals surface area contributed by atoms with Gasteiger partial charge in [0.25, 0.3) is 0 Å². The maximum absolute atomic E-state index is 2.47. The second-order valence-corrected chi connectivity index (χ2v) is 17.1. The van der Waals surface area contributed by atoms with Crippen molar-refractivity contribution >= 4 is 32.0 Å². The van der Waals surface area contributed by atoms with Gasteiger partial charge in [-0.15, -0.1) is 0 Å². The predicted molar refractivity (Wildman–Crippen MR) is 201 cm³/mol. The number of hydrogen-bond donors (Lipinski definition) is 0. The van der Waals surface area contributed by atoms with Crippen molar-refractivity contribution in [3.63, 3.8) is 0 Å². The van der Waals surface area contributed by atoms with Gasteiger partial charge in [0.05, 0.1) is 9.52 Å². The number of hydrogen-bond acceptors (Lipinski definition) is 0. The lowest BCUT2D eigenvalue weighted by molar-refractivity contribution is 0.785. The normalized spacial score (nSPS) is 17.6. The van der Waals surface area contributed by atoms with E-state index in [0.29, 0.717) is 35.5 Å². The van der Waals surface area contributed by atoms with Crippen LogP contribution in [0.3, 0.4) is 0 Å². The number of allylic oxidation sites excluding steroid dienone is 2. The van der Waals surface area contributed by atoms with Crippen molar-refractivity contribution in [3.8, 4) is 0 Å². The van der Waals surface area contributed by atoms with Gasteiger partial charge < -0.3 is 0 Å². The summed E-state index contributed by atoms with van der Waals surface area (Å²) in [5.74, 6) is 2.88. The monoisotopic (exact) mass is 608 g/mol. The van der Waals surface area contributed by atoms with Crippen LogP contribution in [0.4, 0.5) is 0 Å². The Morgan fingerprint density at radius 1 is 0.444 bits per heavy atom. The molecule has 0 saturated heterocycles. The van der Waals surface area contributed by atoms with Crippen LogP contribution in [-0.2, 0) is 0 Å². The van der Waals surface area contributed by atoms with Crippen molar-refractivity contribution in [1.29, 1.82) is 0 Å². The molecule has 2 aliphatic rings. The predicted octanol–water partition coefficient (Wildman–Crippen LogP) is 10.4. The van der Waals surface area contributed by atoms with E-state index in [9.17, 15) is 0 Å². The molecule has 0 aliphatic heterocycles. The maximum atomic E-state index is 2.47. The van der Waals surface area contributed by atoms with Crippen LogP contribution in [0.5, 0.6) is 0 Å². The third-order valence-corrected chi connectivity index (χ3v) is 12.2. The minimum Gasteiger partial charge on any atom is -0.0630 e. The van der Waals surface area contributed by atoms with Crippen LogP contribution in [0.1, 0.15) is 160 Å². The molecule has 4 aromatic rings. The third kappa shape index (κ3) is 5.74. The molecule has 0 bridgehead atoms. The van der Waals surface area contributed by atoms with Crippen molar-refractivity contribution in [3.05, 3.63) is 140 Å². The molecule has 4 aromatic carbocycles. The molecule has 45 heavy (non-hydrogen) atoms. The highest BCUT2D eigenvalue weighted by atomic mass is 28.2. The van der Waals surface area contributed by atoms with Crippen molar-refractivity contribution in [2.24, 2.45) is 0 Å². The van der Waals surface area contributed by atoms with Crippen molar-refractivity contribution < 1.29 is 0 Å². The molecule has 0 saturated carbocycles. The molecule has 0 heterocycles. The molecule has 0 nitrogen and oxygen atoms in total. The first-order valence-electron chi connectivity index (χ1n) is 17.3. The molecule has 1 heteroatoms. The van der Waals surface area contributed by atoms with Gasteiger partial charge in [-0.05, 0) is 93.2 Å². The fraction of sp³-hybridized carbons (Fsp3) is 0.364. The van der Waals surface area contributed by atoms with E-state index < -0.39 is 9.52 Å². The zero-order chi connectivity index (χ0) is 32.2. The second kappa shape index (κ2) is 12.4. The molecule has 0 N–H and O–H groups in total. The Hall–Kier alpha value is -3.42. The van der Waals surface area contributed by atoms with Gasteiger partial charge in [0.15, 0.2) is 0 Å². The quantitative estimate of drug-likeness (QED) is 0.175. The highest BCUT2D eigenvalue weighted by Crippen LogP contribution is 2.46. The summed E-state index contributed by atoms with van der Waals surface area (Å²) < 4.78 is 0. The Balaban J connectivity index is 1.21. The highest BCUT2D eigenvalue weighted by molar-refractivity contribution is 6.67. The van der Waals surface area contributed by atoms with E-state index in [1.807, 2.05) is 0 Å². The fourth-order valence-corrected chi connectivity index (χ4v) is 9.76. The number of benzene rings is 4. The summed E-state index contributed by atoms with van der Waals surface area (Å²) in [6.45, 7) is 23.3. The van der Waals surface area contributed by atoms with Crippen LogP contribution in [0.15, 0.2) is 83.9 Å². The van der Waals surface area contributed by atoms with Gasteiger partial charge in [0, 0.05) is 11.8 Å². The van der Waals surface area contributed by atoms with Gasteiger partial charge in [-0.1, -0.05) is 162 Å². The fourth-order valence-electron chi connectivity index (χ4n) is 8.35. The van der Waals surface area contributed by atoms with Gasteiger partial charge in [-0.3, -0.25) is 0 Å². The van der Waals surface area contributed by atoms with E-state index >= 15 is 0 Å². The molecule has 0 radical (unpaired) electrons. The number of rotatable bonds is 8. The highest BCUT2D eigenvalue weighted by Gasteiger charge is 2.30. The van der Waals surface area contributed by atoms with Crippen LogP contribution in [0.25, 0.3) is 12.2 Å². The topological polar surface area (TPSA) is 0 Å². The molecular weight excluding hydrogens is 557 g/mol. The third-order valence-electron chi connectivity index (χ3n) is 10.4. The summed E-state index contributed by atoms with van der Waals surface area (Å²) in [6.07, 6.45) is 4.94. The SMILES string of the molecule is CC1=Cc2c(ccc(C(C)C)c2C(C)C)C1c1ccc([SiH2]c2ccc(C3C(C)=Cc4c3ccc(C(C)C)c4C(C)C)cc2)cc1. The molecular formula is C44H52Si. The van der Waals surface area contributed by atoms with Gasteiger partial charge in [-0.2, -0.15) is 0 Å². The van der Waals surface area contributed by atoms with E-state index in [1.54, 1.807) is 11.1 Å². The molecule has 0 amide bonds. The van der Waals surface area contributed by atoms with E-state index in [-0.39, 0.29) is 0 Å². The zero-order valence-corrected chi connectivity index (χ0v) is 30.7. The summed E-state index contributed by atoms with van der Waals surface area (Å²) in [6, 6.07) is 28.9. The van der Waals surface area contributed by atoms with E-state index in [0.717, 1.165) is 0 Å².